The number of amides is 3. The molecule has 1 saturated heterocycles. The number of hydrogen-bond donors (Lipinski definition) is 2. The summed E-state index contributed by atoms with van der Waals surface area (Å²) < 4.78 is 0. The molecule has 2 aliphatic heterocycles. The molecule has 2 N–H and O–H groups in total. The van der Waals surface area contributed by atoms with Crippen LogP contribution in [0.2, 0.25) is 0 Å². The Balaban J connectivity index is 1.54. The topological polar surface area (TPSA) is 95.2 Å². The maximum Gasteiger partial charge on any atom is 0.255 e. The zero-order valence-corrected chi connectivity index (χ0v) is 14.4. The summed E-state index contributed by atoms with van der Waals surface area (Å²) in [7, 11) is 0. The Hall–Kier alpha value is -3.48. The molecule has 3 heterocycles. The van der Waals surface area contributed by atoms with Crippen molar-refractivity contribution in [3.05, 3.63) is 53.7 Å². The van der Waals surface area contributed by atoms with E-state index in [1.807, 2.05) is 30.3 Å². The number of carbonyl (C=O) groups excluding carboxylic acids is 3. The Morgan fingerprint density at radius 2 is 1.93 bits per heavy atom. The van der Waals surface area contributed by atoms with E-state index in [9.17, 15) is 14.4 Å². The number of nitrogens with one attached hydrogen (secondary N) is 2. The number of nitrogens with zero attached hydrogens (tertiary/aromatic N) is 2. The normalized spacial score (nSPS) is 19.5. The number of benzene rings is 2. The highest BCUT2D eigenvalue weighted by Crippen LogP contribution is 2.35. The molecule has 0 spiro atoms. The molecule has 1 atom stereocenters. The van der Waals surface area contributed by atoms with Gasteiger partial charge < -0.3 is 4.90 Å². The minimum atomic E-state index is -0.605. The summed E-state index contributed by atoms with van der Waals surface area (Å²) in [5.41, 5.74) is 4.45. The number of hydrogen-bond acceptors (Lipinski definition) is 4. The van der Waals surface area contributed by atoms with Crippen molar-refractivity contribution in [2.75, 3.05) is 0 Å². The number of aromatic amines is 1. The molecule has 3 amide bonds. The van der Waals surface area contributed by atoms with E-state index in [0.29, 0.717) is 18.5 Å². The van der Waals surface area contributed by atoms with Crippen LogP contribution in [-0.2, 0) is 16.1 Å². The molecule has 7 nitrogen and oxygen atoms in total. The van der Waals surface area contributed by atoms with Crippen LogP contribution in [-0.4, -0.2) is 38.9 Å². The van der Waals surface area contributed by atoms with E-state index in [-0.39, 0.29) is 18.2 Å². The van der Waals surface area contributed by atoms with Crippen molar-refractivity contribution in [2.45, 2.75) is 25.4 Å². The molecule has 27 heavy (non-hydrogen) atoms. The molecule has 134 valence electrons. The van der Waals surface area contributed by atoms with Gasteiger partial charge in [0.15, 0.2) is 0 Å². The highest BCUT2D eigenvalue weighted by molar-refractivity contribution is 6.06. The van der Waals surface area contributed by atoms with Crippen LogP contribution < -0.4 is 5.32 Å². The Labute approximate surface area is 154 Å². The van der Waals surface area contributed by atoms with E-state index in [1.165, 1.54) is 0 Å². The van der Waals surface area contributed by atoms with Crippen molar-refractivity contribution in [3.8, 4) is 11.1 Å². The number of carbonyl (C=O) groups is 3. The first-order chi connectivity index (χ1) is 13.1. The predicted octanol–water partition coefficient (Wildman–Crippen LogP) is 1.99. The lowest BCUT2D eigenvalue weighted by Crippen LogP contribution is -2.52. The van der Waals surface area contributed by atoms with Crippen molar-refractivity contribution in [1.82, 2.24) is 20.4 Å². The van der Waals surface area contributed by atoms with Crippen LogP contribution in [0.1, 0.15) is 28.8 Å². The second kappa shape index (κ2) is 5.77. The Kier molecular flexibility index (Phi) is 3.36. The zero-order valence-electron chi connectivity index (χ0n) is 14.4. The molecule has 0 saturated carbocycles. The van der Waals surface area contributed by atoms with Gasteiger partial charge in [-0.2, -0.15) is 5.10 Å². The molecule has 2 aliphatic rings. The molecule has 1 unspecified atom stereocenters. The van der Waals surface area contributed by atoms with Gasteiger partial charge in [-0.15, -0.1) is 0 Å². The Bertz CT molecular complexity index is 1120. The fraction of sp³-hybridized carbons (Fsp3) is 0.200. The van der Waals surface area contributed by atoms with Crippen LogP contribution in [0.5, 0.6) is 0 Å². The number of aromatic nitrogens is 2. The third-order valence-electron chi connectivity index (χ3n) is 5.33. The first-order valence-corrected chi connectivity index (χ1v) is 8.82. The Morgan fingerprint density at radius 3 is 2.78 bits per heavy atom. The lowest BCUT2D eigenvalue weighted by molar-refractivity contribution is -0.136. The summed E-state index contributed by atoms with van der Waals surface area (Å²) in [5.74, 6) is -0.839. The highest BCUT2D eigenvalue weighted by atomic mass is 16.2. The SMILES string of the molecule is O=C1CCC(N2Cc3c(cccc3-c3ccc4[nH]ncc4c3)C2=O)C(=O)N1. The quantitative estimate of drug-likeness (QED) is 0.683. The van der Waals surface area contributed by atoms with E-state index in [2.05, 4.69) is 15.5 Å². The molecule has 1 fully saturated rings. The maximum absolute atomic E-state index is 12.9. The molecule has 0 aliphatic carbocycles. The van der Waals surface area contributed by atoms with E-state index < -0.39 is 11.9 Å². The molecule has 1 aromatic heterocycles. The molecule has 0 bridgehead atoms. The summed E-state index contributed by atoms with van der Waals surface area (Å²) in [4.78, 5) is 38.1. The molecular weight excluding hydrogens is 344 g/mol. The van der Waals surface area contributed by atoms with Gasteiger partial charge in [-0.1, -0.05) is 18.2 Å². The van der Waals surface area contributed by atoms with Crippen LogP contribution >= 0.6 is 0 Å². The largest absolute Gasteiger partial charge is 0.322 e. The standard InChI is InChI=1S/C20H16N4O3/c25-18-7-6-17(19(26)22-18)24-10-15-13(2-1-3-14(15)20(24)27)11-4-5-16-12(8-11)9-21-23-16/h1-5,8-9,17H,6-7,10H2,(H,21,23)(H,22,25,26). The van der Waals surface area contributed by atoms with E-state index in [0.717, 1.165) is 27.6 Å². The van der Waals surface area contributed by atoms with Crippen molar-refractivity contribution >= 4 is 28.6 Å². The van der Waals surface area contributed by atoms with E-state index >= 15 is 0 Å². The molecule has 7 heteroatoms. The van der Waals surface area contributed by atoms with Gasteiger partial charge in [-0.25, -0.2) is 0 Å². The highest BCUT2D eigenvalue weighted by Gasteiger charge is 2.39. The van der Waals surface area contributed by atoms with E-state index in [4.69, 9.17) is 0 Å². The monoisotopic (exact) mass is 360 g/mol. The van der Waals surface area contributed by atoms with Crippen molar-refractivity contribution in [3.63, 3.8) is 0 Å². The third kappa shape index (κ3) is 2.43. The zero-order chi connectivity index (χ0) is 18.5. The first kappa shape index (κ1) is 15.7. The fourth-order valence-corrected chi connectivity index (χ4v) is 3.97. The average molecular weight is 360 g/mol. The molecule has 3 aromatic rings. The van der Waals surface area contributed by atoms with Gasteiger partial charge in [-0.3, -0.25) is 24.8 Å². The summed E-state index contributed by atoms with van der Waals surface area (Å²) in [6.07, 6.45) is 2.38. The predicted molar refractivity (Wildman–Crippen MR) is 97.6 cm³/mol. The van der Waals surface area contributed by atoms with Crippen molar-refractivity contribution in [2.24, 2.45) is 0 Å². The molecule has 5 rings (SSSR count). The number of imide groups is 1. The average Bonchev–Trinajstić information content (AvgIpc) is 3.26. The Morgan fingerprint density at radius 1 is 1.07 bits per heavy atom. The summed E-state index contributed by atoms with van der Waals surface area (Å²) in [6.45, 7) is 0.361. The van der Waals surface area contributed by atoms with Gasteiger partial charge in [0.1, 0.15) is 6.04 Å². The number of piperidine rings is 1. The molecular formula is C20H16N4O3. The molecule has 2 aromatic carbocycles. The summed E-state index contributed by atoms with van der Waals surface area (Å²) >= 11 is 0. The van der Waals surface area contributed by atoms with Crippen LogP contribution in [0.25, 0.3) is 22.0 Å². The van der Waals surface area contributed by atoms with Crippen LogP contribution in [0.3, 0.4) is 0 Å². The number of fused-ring (bicyclic) bond motifs is 2. The lowest BCUT2D eigenvalue weighted by Gasteiger charge is -2.29. The van der Waals surface area contributed by atoms with Gasteiger partial charge in [0.25, 0.3) is 5.91 Å². The van der Waals surface area contributed by atoms with Gasteiger partial charge in [0.05, 0.1) is 11.7 Å². The molecule has 0 radical (unpaired) electrons. The van der Waals surface area contributed by atoms with E-state index in [1.54, 1.807) is 17.2 Å². The minimum Gasteiger partial charge on any atom is -0.322 e. The van der Waals surface area contributed by atoms with Gasteiger partial charge in [0.2, 0.25) is 11.8 Å². The number of H-pyrrole nitrogens is 1. The lowest BCUT2D eigenvalue weighted by atomic mass is 9.96. The third-order valence-corrected chi connectivity index (χ3v) is 5.33. The second-order valence-corrected chi connectivity index (χ2v) is 6.90. The minimum absolute atomic E-state index is 0.161. The van der Waals surface area contributed by atoms with Gasteiger partial charge in [-0.05, 0) is 41.3 Å². The smallest absolute Gasteiger partial charge is 0.255 e. The van der Waals surface area contributed by atoms with Crippen LogP contribution in [0.15, 0.2) is 42.6 Å². The van der Waals surface area contributed by atoms with Gasteiger partial charge >= 0.3 is 0 Å². The van der Waals surface area contributed by atoms with Gasteiger partial charge in [0, 0.05) is 23.9 Å². The summed E-state index contributed by atoms with van der Waals surface area (Å²) in [5, 5.41) is 10.3. The number of rotatable bonds is 2. The van der Waals surface area contributed by atoms with Crippen molar-refractivity contribution in [1.29, 1.82) is 0 Å². The first-order valence-electron chi connectivity index (χ1n) is 8.82. The van der Waals surface area contributed by atoms with Crippen molar-refractivity contribution < 1.29 is 14.4 Å². The van der Waals surface area contributed by atoms with Crippen LogP contribution in [0, 0.1) is 0 Å². The van der Waals surface area contributed by atoms with Crippen LogP contribution in [0.4, 0.5) is 0 Å². The maximum atomic E-state index is 12.9. The summed E-state index contributed by atoms with van der Waals surface area (Å²) in [6, 6.07) is 11.0. The fourth-order valence-electron chi connectivity index (χ4n) is 3.97. The second-order valence-electron chi connectivity index (χ2n) is 6.90.